The Labute approximate surface area is 254 Å². The third-order valence-electron chi connectivity index (χ3n) is 6.25. The van der Waals surface area contributed by atoms with E-state index in [1.165, 1.54) is 19.3 Å². The van der Waals surface area contributed by atoms with Crippen LogP contribution in [0.4, 0.5) is 0 Å². The lowest BCUT2D eigenvalue weighted by Crippen LogP contribution is -2.24. The first-order valence-corrected chi connectivity index (χ1v) is 15.3. The lowest BCUT2D eigenvalue weighted by Gasteiger charge is -2.10. The van der Waals surface area contributed by atoms with E-state index in [1.807, 2.05) is 38.1 Å². The number of hydrogen-bond acceptors (Lipinski definition) is 9. The summed E-state index contributed by atoms with van der Waals surface area (Å²) in [7, 11) is 1.60. The van der Waals surface area contributed by atoms with E-state index in [9.17, 15) is 9.59 Å². The normalized spacial score (nSPS) is 11.2. The largest absolute Gasteiger partial charge is 0.396 e. The van der Waals surface area contributed by atoms with Crippen molar-refractivity contribution in [2.24, 2.45) is 11.8 Å². The molecule has 0 aliphatic heterocycles. The van der Waals surface area contributed by atoms with Crippen LogP contribution in [0.5, 0.6) is 0 Å². The highest BCUT2D eigenvalue weighted by molar-refractivity contribution is 5.80. The molecule has 0 saturated heterocycles. The van der Waals surface area contributed by atoms with Gasteiger partial charge in [0.05, 0.1) is 13.2 Å². The summed E-state index contributed by atoms with van der Waals surface area (Å²) < 4.78 is 10.3. The van der Waals surface area contributed by atoms with Crippen molar-refractivity contribution in [2.75, 3.05) is 33.5 Å². The Morgan fingerprint density at radius 1 is 0.905 bits per heavy atom. The van der Waals surface area contributed by atoms with Crippen molar-refractivity contribution in [3.8, 4) is 11.4 Å². The van der Waals surface area contributed by atoms with Crippen molar-refractivity contribution in [2.45, 2.75) is 99.5 Å². The molecule has 2 rings (SSSR count). The van der Waals surface area contributed by atoms with Crippen LogP contribution in [-0.4, -0.2) is 70.7 Å². The number of benzene rings is 1. The summed E-state index contributed by atoms with van der Waals surface area (Å²) >= 11 is 0. The minimum absolute atomic E-state index is 0. The molecule has 0 aliphatic carbocycles. The van der Waals surface area contributed by atoms with Crippen LogP contribution in [0.3, 0.4) is 0 Å². The van der Waals surface area contributed by atoms with Crippen LogP contribution >= 0.6 is 0 Å². The van der Waals surface area contributed by atoms with Crippen LogP contribution in [-0.2, 0) is 25.6 Å². The SMILES string of the molecule is CCCC(C)CCOCCC(=O)NCc1ccc(-c2nnc(C)nn2)cc1.CCCCCO.COCCC(=O)C(C)C.[HH]. The van der Waals surface area contributed by atoms with E-state index in [0.717, 1.165) is 37.0 Å². The Bertz CT molecular complexity index is 942. The van der Waals surface area contributed by atoms with Crippen LogP contribution in [0.1, 0.15) is 98.8 Å². The van der Waals surface area contributed by atoms with E-state index in [-0.39, 0.29) is 19.0 Å². The quantitative estimate of drug-likeness (QED) is 0.207. The Kier molecular flexibility index (Phi) is 24.1. The second-order valence-corrected chi connectivity index (χ2v) is 10.6. The summed E-state index contributed by atoms with van der Waals surface area (Å²) in [5, 5.41) is 26.9. The van der Waals surface area contributed by atoms with E-state index in [0.29, 0.717) is 56.8 Å². The first-order valence-electron chi connectivity index (χ1n) is 15.3. The Balaban J connectivity index is 0. The number of hydrogen-bond donors (Lipinski definition) is 2. The van der Waals surface area contributed by atoms with E-state index in [1.54, 1.807) is 14.0 Å². The molecule has 0 bridgehead atoms. The van der Waals surface area contributed by atoms with Gasteiger partial charge < -0.3 is 19.9 Å². The number of rotatable bonds is 18. The second-order valence-electron chi connectivity index (χ2n) is 10.6. The second kappa shape index (κ2) is 25.9. The molecule has 1 aromatic heterocycles. The molecule has 1 amide bonds. The molecule has 0 aliphatic rings. The molecule has 10 nitrogen and oxygen atoms in total. The summed E-state index contributed by atoms with van der Waals surface area (Å²) in [6.07, 6.45) is 7.75. The van der Waals surface area contributed by atoms with Crippen molar-refractivity contribution >= 4 is 11.7 Å². The van der Waals surface area contributed by atoms with E-state index in [4.69, 9.17) is 14.6 Å². The number of aliphatic hydroxyl groups is 1. The molecule has 0 radical (unpaired) electrons. The van der Waals surface area contributed by atoms with Crippen LogP contribution in [0.15, 0.2) is 24.3 Å². The molecule has 240 valence electrons. The summed E-state index contributed by atoms with van der Waals surface area (Å²) in [6, 6.07) is 7.67. The number of carbonyl (C=O) groups is 2. The third-order valence-corrected chi connectivity index (χ3v) is 6.25. The molecule has 2 N–H and O–H groups in total. The molecule has 1 aromatic carbocycles. The standard InChI is InChI=1S/C20H29N5O2.C7H14O2.C5H12O.H2/c1-4-5-15(2)10-12-27-13-11-19(26)21-14-17-6-8-18(9-7-17)20-24-22-16(3)23-25-20;1-6(2)7(8)4-5-9-3;1-2-3-4-5-6;/h6-9,15H,4-5,10-14H2,1-3H3,(H,21,26);6H,4-5H2,1-3H3;6H,2-5H2,1H3;1H. The summed E-state index contributed by atoms with van der Waals surface area (Å²) in [6.45, 7) is 14.7. The van der Waals surface area contributed by atoms with E-state index in [2.05, 4.69) is 46.5 Å². The number of aryl methyl sites for hydroxylation is 1. The topological polar surface area (TPSA) is 136 Å². The summed E-state index contributed by atoms with van der Waals surface area (Å²) in [5.41, 5.74) is 1.85. The molecular weight excluding hydrogens is 534 g/mol. The van der Waals surface area contributed by atoms with Crippen LogP contribution in [0.25, 0.3) is 11.4 Å². The highest BCUT2D eigenvalue weighted by Gasteiger charge is 2.06. The average molecular weight is 592 g/mol. The Hall–Kier alpha value is -2.82. The van der Waals surface area contributed by atoms with Crippen molar-refractivity contribution in [1.82, 2.24) is 25.7 Å². The highest BCUT2D eigenvalue weighted by atomic mass is 16.5. The number of aliphatic hydroxyl groups excluding tert-OH is 1. The Morgan fingerprint density at radius 2 is 1.57 bits per heavy atom. The molecule has 0 saturated carbocycles. The third kappa shape index (κ3) is 21.0. The number of ketones is 1. The number of aromatic nitrogens is 4. The van der Waals surface area contributed by atoms with Gasteiger partial charge in [0, 0.05) is 52.6 Å². The van der Waals surface area contributed by atoms with Crippen molar-refractivity contribution < 1.29 is 25.6 Å². The minimum Gasteiger partial charge on any atom is -0.396 e. The molecule has 1 heterocycles. The average Bonchev–Trinajstić information content (AvgIpc) is 2.99. The lowest BCUT2D eigenvalue weighted by atomic mass is 10.0. The predicted molar refractivity (Wildman–Crippen MR) is 169 cm³/mol. The molecule has 1 unspecified atom stereocenters. The van der Waals surface area contributed by atoms with Gasteiger partial charge in [-0.15, -0.1) is 20.4 Å². The van der Waals surface area contributed by atoms with Crippen molar-refractivity contribution in [3.05, 3.63) is 35.7 Å². The zero-order valence-corrected chi connectivity index (χ0v) is 27.0. The number of methoxy groups -OCH3 is 1. The number of carbonyl (C=O) groups excluding carboxylic acids is 2. The fourth-order valence-electron chi connectivity index (χ4n) is 3.50. The molecule has 2 aromatic rings. The van der Waals surface area contributed by atoms with Gasteiger partial charge in [-0.2, -0.15) is 0 Å². The fraction of sp³-hybridized carbons (Fsp3) is 0.688. The van der Waals surface area contributed by atoms with Gasteiger partial charge in [0.2, 0.25) is 11.7 Å². The molecule has 0 spiro atoms. The summed E-state index contributed by atoms with van der Waals surface area (Å²) in [5.74, 6) is 2.13. The number of nitrogens with one attached hydrogen (secondary N) is 1. The van der Waals surface area contributed by atoms with Gasteiger partial charge >= 0.3 is 0 Å². The van der Waals surface area contributed by atoms with Crippen LogP contribution < -0.4 is 5.32 Å². The molecular formula is C32H57N5O5. The fourth-order valence-corrected chi connectivity index (χ4v) is 3.50. The lowest BCUT2D eigenvalue weighted by molar-refractivity contribution is -0.123. The van der Waals surface area contributed by atoms with Gasteiger partial charge in [-0.1, -0.05) is 84.6 Å². The molecule has 0 fully saturated rings. The van der Waals surface area contributed by atoms with Gasteiger partial charge in [0.15, 0.2) is 5.82 Å². The zero-order valence-electron chi connectivity index (χ0n) is 27.0. The molecule has 10 heteroatoms. The smallest absolute Gasteiger partial charge is 0.222 e. The molecule has 1 atom stereocenters. The highest BCUT2D eigenvalue weighted by Crippen LogP contribution is 2.14. The van der Waals surface area contributed by atoms with Crippen LogP contribution in [0.2, 0.25) is 0 Å². The minimum atomic E-state index is -0.00375. The monoisotopic (exact) mass is 591 g/mol. The number of unbranched alkanes of at least 4 members (excludes halogenated alkanes) is 2. The number of amides is 1. The maximum Gasteiger partial charge on any atom is 0.222 e. The van der Waals surface area contributed by atoms with Gasteiger partial charge in [0.25, 0.3) is 0 Å². The van der Waals surface area contributed by atoms with E-state index < -0.39 is 0 Å². The van der Waals surface area contributed by atoms with E-state index >= 15 is 0 Å². The first-order chi connectivity index (χ1) is 20.2. The first kappa shape index (κ1) is 39.2. The van der Waals surface area contributed by atoms with Gasteiger partial charge in [-0.05, 0) is 31.2 Å². The Morgan fingerprint density at radius 3 is 2.10 bits per heavy atom. The van der Waals surface area contributed by atoms with Crippen LogP contribution in [0, 0.1) is 18.8 Å². The number of Topliss-reactive ketones (excluding diaryl/α,β-unsaturated/α-hetero) is 1. The maximum absolute atomic E-state index is 11.9. The molecule has 42 heavy (non-hydrogen) atoms. The van der Waals surface area contributed by atoms with Gasteiger partial charge in [0.1, 0.15) is 5.78 Å². The van der Waals surface area contributed by atoms with Crippen molar-refractivity contribution in [3.63, 3.8) is 0 Å². The number of ether oxygens (including phenoxy) is 2. The number of nitrogens with zero attached hydrogens (tertiary/aromatic N) is 4. The van der Waals surface area contributed by atoms with Gasteiger partial charge in [-0.3, -0.25) is 9.59 Å². The van der Waals surface area contributed by atoms with Crippen molar-refractivity contribution in [1.29, 1.82) is 0 Å². The summed E-state index contributed by atoms with van der Waals surface area (Å²) in [4.78, 5) is 22.7. The van der Waals surface area contributed by atoms with Gasteiger partial charge in [-0.25, -0.2) is 0 Å². The zero-order chi connectivity index (χ0) is 31.6. The maximum atomic E-state index is 11.9. The predicted octanol–water partition coefficient (Wildman–Crippen LogP) is 5.75.